The van der Waals surface area contributed by atoms with Gasteiger partial charge in [0, 0.05) is 18.5 Å². The van der Waals surface area contributed by atoms with Gasteiger partial charge >= 0.3 is 0 Å². The first-order valence-electron chi connectivity index (χ1n) is 3.45. The number of rotatable bonds is 2. The van der Waals surface area contributed by atoms with Crippen molar-refractivity contribution in [2.45, 2.75) is 19.9 Å². The maximum atomic E-state index is 5.68. The Hall–Kier alpha value is -0.280. The van der Waals surface area contributed by atoms with Gasteiger partial charge in [-0.2, -0.15) is 0 Å². The van der Waals surface area contributed by atoms with Crippen LogP contribution in [0.5, 0.6) is 0 Å². The largest absolute Gasteiger partial charge is 0.349 e. The summed E-state index contributed by atoms with van der Waals surface area (Å²) in [6.07, 6.45) is 0. The number of anilines is 1. The molecule has 0 fully saturated rings. The number of halogens is 1. The van der Waals surface area contributed by atoms with Crippen molar-refractivity contribution in [3.05, 3.63) is 10.5 Å². The molecule has 0 amide bonds. The minimum atomic E-state index is 0.470. The minimum absolute atomic E-state index is 0.470. The summed E-state index contributed by atoms with van der Waals surface area (Å²) >= 11 is 7.25. The van der Waals surface area contributed by atoms with E-state index in [-0.39, 0.29) is 0 Å². The van der Waals surface area contributed by atoms with Gasteiger partial charge in [0.15, 0.2) is 5.13 Å². The first-order chi connectivity index (χ1) is 5.11. The highest BCUT2D eigenvalue weighted by atomic mass is 35.5. The molecule has 1 aromatic rings. The fourth-order valence-corrected chi connectivity index (χ4v) is 1.68. The summed E-state index contributed by atoms with van der Waals surface area (Å²) < 4.78 is 0. The van der Waals surface area contributed by atoms with Crippen molar-refractivity contribution < 1.29 is 0 Å². The van der Waals surface area contributed by atoms with Gasteiger partial charge in [0.2, 0.25) is 0 Å². The van der Waals surface area contributed by atoms with Crippen LogP contribution < -0.4 is 4.90 Å². The van der Waals surface area contributed by atoms with E-state index in [1.807, 2.05) is 12.4 Å². The Bertz CT molecular complexity index is 234. The van der Waals surface area contributed by atoms with Gasteiger partial charge in [0.1, 0.15) is 5.15 Å². The molecule has 0 radical (unpaired) electrons. The molecule has 0 bridgehead atoms. The highest BCUT2D eigenvalue weighted by molar-refractivity contribution is 7.14. The molecule has 0 N–H and O–H groups in total. The Kier molecular flexibility index (Phi) is 2.73. The van der Waals surface area contributed by atoms with Crippen molar-refractivity contribution in [3.63, 3.8) is 0 Å². The summed E-state index contributed by atoms with van der Waals surface area (Å²) in [5.41, 5.74) is 0. The molecule has 0 saturated heterocycles. The summed E-state index contributed by atoms with van der Waals surface area (Å²) in [7, 11) is 2.01. The molecule has 0 saturated carbocycles. The van der Waals surface area contributed by atoms with Crippen LogP contribution in [0.25, 0.3) is 0 Å². The molecule has 4 heteroatoms. The molecular formula is C7H11ClN2S. The maximum absolute atomic E-state index is 5.68. The topological polar surface area (TPSA) is 16.1 Å². The van der Waals surface area contributed by atoms with E-state index in [1.165, 1.54) is 0 Å². The van der Waals surface area contributed by atoms with Gasteiger partial charge in [-0.25, -0.2) is 4.98 Å². The SMILES string of the molecule is CC(C)N(C)c1nc(Cl)cs1. The smallest absolute Gasteiger partial charge is 0.186 e. The highest BCUT2D eigenvalue weighted by Gasteiger charge is 2.07. The average molecular weight is 191 g/mol. The van der Waals surface area contributed by atoms with E-state index in [0.29, 0.717) is 11.2 Å². The van der Waals surface area contributed by atoms with Crippen LogP contribution in [0.3, 0.4) is 0 Å². The first-order valence-corrected chi connectivity index (χ1v) is 4.71. The Morgan fingerprint density at radius 3 is 2.64 bits per heavy atom. The van der Waals surface area contributed by atoms with Crippen LogP contribution in [0.15, 0.2) is 5.38 Å². The lowest BCUT2D eigenvalue weighted by molar-refractivity contribution is 0.751. The fraction of sp³-hybridized carbons (Fsp3) is 0.571. The maximum Gasteiger partial charge on any atom is 0.186 e. The summed E-state index contributed by atoms with van der Waals surface area (Å²) in [6, 6.07) is 0.470. The number of aromatic nitrogens is 1. The molecule has 0 aliphatic carbocycles. The van der Waals surface area contributed by atoms with Crippen LogP contribution >= 0.6 is 22.9 Å². The van der Waals surface area contributed by atoms with Crippen LogP contribution in [0.4, 0.5) is 5.13 Å². The van der Waals surface area contributed by atoms with E-state index >= 15 is 0 Å². The average Bonchev–Trinajstić information content (AvgIpc) is 2.34. The molecule has 62 valence electrons. The van der Waals surface area contributed by atoms with Gasteiger partial charge < -0.3 is 4.90 Å². The lowest BCUT2D eigenvalue weighted by Crippen LogP contribution is -2.25. The molecule has 0 aromatic carbocycles. The second-order valence-corrected chi connectivity index (χ2v) is 3.88. The van der Waals surface area contributed by atoms with Crippen LogP contribution in [0, 0.1) is 0 Å². The molecular weight excluding hydrogens is 180 g/mol. The van der Waals surface area contributed by atoms with Crippen molar-refractivity contribution in [1.29, 1.82) is 0 Å². The highest BCUT2D eigenvalue weighted by Crippen LogP contribution is 2.23. The third-order valence-corrected chi connectivity index (χ3v) is 2.79. The third-order valence-electron chi connectivity index (χ3n) is 1.54. The summed E-state index contributed by atoms with van der Waals surface area (Å²) in [5.74, 6) is 0. The standard InChI is InChI=1S/C7H11ClN2S/c1-5(2)10(3)7-9-6(8)4-11-7/h4-5H,1-3H3. The van der Waals surface area contributed by atoms with Crippen LogP contribution in [0.1, 0.15) is 13.8 Å². The van der Waals surface area contributed by atoms with Gasteiger partial charge in [-0.3, -0.25) is 0 Å². The molecule has 1 rings (SSSR count). The van der Waals surface area contributed by atoms with E-state index in [2.05, 4.69) is 23.7 Å². The second-order valence-electron chi connectivity index (χ2n) is 2.66. The molecule has 11 heavy (non-hydrogen) atoms. The fourth-order valence-electron chi connectivity index (χ4n) is 0.628. The zero-order valence-corrected chi connectivity index (χ0v) is 8.41. The van der Waals surface area contributed by atoms with Crippen molar-refractivity contribution in [1.82, 2.24) is 4.98 Å². The number of nitrogens with zero attached hydrogens (tertiary/aromatic N) is 2. The molecule has 0 spiro atoms. The molecule has 0 unspecified atom stereocenters. The number of hydrogen-bond acceptors (Lipinski definition) is 3. The number of hydrogen-bond donors (Lipinski definition) is 0. The molecule has 0 atom stereocenters. The van der Waals surface area contributed by atoms with E-state index in [1.54, 1.807) is 11.3 Å². The Morgan fingerprint density at radius 1 is 1.64 bits per heavy atom. The summed E-state index contributed by atoms with van der Waals surface area (Å²) in [5, 5.41) is 3.40. The van der Waals surface area contributed by atoms with Gasteiger partial charge in [0.25, 0.3) is 0 Å². The Labute approximate surface area is 75.8 Å². The monoisotopic (exact) mass is 190 g/mol. The van der Waals surface area contributed by atoms with E-state index < -0.39 is 0 Å². The lowest BCUT2D eigenvalue weighted by atomic mass is 10.4. The van der Waals surface area contributed by atoms with Crippen molar-refractivity contribution >= 4 is 28.1 Å². The van der Waals surface area contributed by atoms with Crippen molar-refractivity contribution in [2.75, 3.05) is 11.9 Å². The normalized spacial score (nSPS) is 10.6. The summed E-state index contributed by atoms with van der Waals surface area (Å²) in [4.78, 5) is 6.24. The lowest BCUT2D eigenvalue weighted by Gasteiger charge is -2.19. The molecule has 2 nitrogen and oxygen atoms in total. The van der Waals surface area contributed by atoms with E-state index in [4.69, 9.17) is 11.6 Å². The van der Waals surface area contributed by atoms with Gasteiger partial charge in [0.05, 0.1) is 0 Å². The van der Waals surface area contributed by atoms with Crippen molar-refractivity contribution in [2.24, 2.45) is 0 Å². The van der Waals surface area contributed by atoms with Gasteiger partial charge in [-0.05, 0) is 13.8 Å². The minimum Gasteiger partial charge on any atom is -0.349 e. The van der Waals surface area contributed by atoms with Crippen LogP contribution in [-0.4, -0.2) is 18.1 Å². The zero-order valence-electron chi connectivity index (χ0n) is 6.84. The van der Waals surface area contributed by atoms with E-state index in [0.717, 1.165) is 5.13 Å². The first kappa shape index (κ1) is 8.81. The van der Waals surface area contributed by atoms with E-state index in [9.17, 15) is 0 Å². The van der Waals surface area contributed by atoms with Gasteiger partial charge in [-0.15, -0.1) is 11.3 Å². The Balaban J connectivity index is 2.76. The third kappa shape index (κ3) is 2.07. The van der Waals surface area contributed by atoms with Crippen LogP contribution in [0.2, 0.25) is 5.15 Å². The second kappa shape index (κ2) is 3.41. The zero-order chi connectivity index (χ0) is 8.43. The molecule has 0 aliphatic heterocycles. The molecule has 1 aromatic heterocycles. The Morgan fingerprint density at radius 2 is 2.27 bits per heavy atom. The predicted molar refractivity (Wildman–Crippen MR) is 50.7 cm³/mol. The molecule has 0 aliphatic rings. The predicted octanol–water partition coefficient (Wildman–Crippen LogP) is 2.64. The van der Waals surface area contributed by atoms with Gasteiger partial charge in [-0.1, -0.05) is 11.6 Å². The van der Waals surface area contributed by atoms with Crippen LogP contribution in [-0.2, 0) is 0 Å². The number of thiazole rings is 1. The summed E-state index contributed by atoms with van der Waals surface area (Å²) in [6.45, 7) is 4.24. The van der Waals surface area contributed by atoms with Crippen molar-refractivity contribution in [3.8, 4) is 0 Å². The molecule has 1 heterocycles. The quantitative estimate of drug-likeness (QED) is 0.713.